The van der Waals surface area contributed by atoms with Gasteiger partial charge in [-0.1, -0.05) is 0 Å². The summed E-state index contributed by atoms with van der Waals surface area (Å²) in [5.41, 5.74) is 0. The van der Waals surface area contributed by atoms with E-state index in [2.05, 4.69) is 15.5 Å². The van der Waals surface area contributed by atoms with Crippen molar-refractivity contribution in [3.05, 3.63) is 0 Å². The molecule has 0 aromatic rings. The van der Waals surface area contributed by atoms with Gasteiger partial charge in [0.25, 0.3) is 0 Å². The zero-order chi connectivity index (χ0) is 11.8. The second kappa shape index (κ2) is 7.46. The number of nitrogens with zero attached hydrogens (tertiary/aromatic N) is 2. The maximum absolute atomic E-state index is 11.2. The van der Waals surface area contributed by atoms with Crippen LogP contribution in [0.3, 0.4) is 0 Å². The maximum atomic E-state index is 11.2. The van der Waals surface area contributed by atoms with E-state index >= 15 is 0 Å². The quantitative estimate of drug-likeness (QED) is 0.626. The Morgan fingerprint density at radius 2 is 1.88 bits per heavy atom. The largest absolute Gasteiger partial charge is 0.337 e. The van der Waals surface area contributed by atoms with Crippen LogP contribution in [0.4, 0.5) is 4.79 Å². The molecule has 5 heteroatoms. The summed E-state index contributed by atoms with van der Waals surface area (Å²) in [6, 6.07) is -0.0265. The smallest absolute Gasteiger partial charge is 0.316 e. The van der Waals surface area contributed by atoms with Gasteiger partial charge >= 0.3 is 6.03 Å². The number of carbonyl (C=O) groups is 1. The molecule has 0 unspecified atom stereocenters. The monoisotopic (exact) mass is 228 g/mol. The lowest BCUT2D eigenvalue weighted by atomic mass is 10.4. The van der Waals surface area contributed by atoms with Gasteiger partial charge in [-0.25, -0.2) is 4.79 Å². The predicted octanol–water partition coefficient (Wildman–Crippen LogP) is -0.0570. The molecule has 2 N–H and O–H groups in total. The van der Waals surface area contributed by atoms with Gasteiger partial charge in [-0.05, 0) is 25.9 Å². The van der Waals surface area contributed by atoms with Crippen LogP contribution in [0.2, 0.25) is 0 Å². The highest BCUT2D eigenvalue weighted by Crippen LogP contribution is 2.05. The molecule has 0 spiro atoms. The molecule has 1 aliphatic rings. The average molecular weight is 228 g/mol. The van der Waals surface area contributed by atoms with Gasteiger partial charge in [0.1, 0.15) is 0 Å². The number of likely N-dealkylation sites (tertiary alicyclic amines) is 1. The number of nitrogens with one attached hydrogen (secondary N) is 2. The van der Waals surface area contributed by atoms with Gasteiger partial charge in [0.2, 0.25) is 0 Å². The van der Waals surface area contributed by atoms with Crippen molar-refractivity contribution >= 4 is 6.03 Å². The molecule has 1 saturated heterocycles. The number of hydrogen-bond donors (Lipinski definition) is 2. The van der Waals surface area contributed by atoms with Crippen molar-refractivity contribution in [3.8, 4) is 0 Å². The van der Waals surface area contributed by atoms with E-state index in [1.54, 1.807) is 19.0 Å². The molecule has 5 nitrogen and oxygen atoms in total. The average Bonchev–Trinajstić information content (AvgIpc) is 2.75. The van der Waals surface area contributed by atoms with Crippen LogP contribution in [0.15, 0.2) is 0 Å². The third kappa shape index (κ3) is 5.32. The molecule has 0 radical (unpaired) electrons. The lowest BCUT2D eigenvalue weighted by Gasteiger charge is -2.15. The summed E-state index contributed by atoms with van der Waals surface area (Å²) < 4.78 is 0. The first kappa shape index (κ1) is 13.3. The molecular weight excluding hydrogens is 204 g/mol. The van der Waals surface area contributed by atoms with Crippen LogP contribution in [0.5, 0.6) is 0 Å². The minimum Gasteiger partial charge on any atom is -0.337 e. The molecule has 94 valence electrons. The molecule has 0 atom stereocenters. The summed E-state index contributed by atoms with van der Waals surface area (Å²) in [6.07, 6.45) is 2.69. The highest BCUT2D eigenvalue weighted by molar-refractivity contribution is 5.73. The number of hydrogen-bond acceptors (Lipinski definition) is 3. The van der Waals surface area contributed by atoms with Crippen molar-refractivity contribution in [2.24, 2.45) is 0 Å². The van der Waals surface area contributed by atoms with Crippen molar-refractivity contribution in [1.82, 2.24) is 20.4 Å². The first-order valence-electron chi connectivity index (χ1n) is 6.08. The molecule has 2 amide bonds. The Morgan fingerprint density at radius 3 is 2.50 bits per heavy atom. The summed E-state index contributed by atoms with van der Waals surface area (Å²) in [5, 5.41) is 6.15. The molecule has 16 heavy (non-hydrogen) atoms. The van der Waals surface area contributed by atoms with Crippen LogP contribution in [-0.4, -0.2) is 69.2 Å². The first-order chi connectivity index (χ1) is 7.70. The van der Waals surface area contributed by atoms with Gasteiger partial charge in [0.05, 0.1) is 0 Å². The van der Waals surface area contributed by atoms with E-state index in [0.29, 0.717) is 6.54 Å². The summed E-state index contributed by atoms with van der Waals surface area (Å²) in [4.78, 5) is 15.2. The fraction of sp³-hybridized carbons (Fsp3) is 0.909. The molecule has 1 fully saturated rings. The molecule has 1 heterocycles. The van der Waals surface area contributed by atoms with Crippen LogP contribution >= 0.6 is 0 Å². The van der Waals surface area contributed by atoms with Gasteiger partial charge in [-0.3, -0.25) is 0 Å². The fourth-order valence-corrected chi connectivity index (χ4v) is 1.78. The number of amides is 2. The van der Waals surface area contributed by atoms with Gasteiger partial charge in [0, 0.05) is 40.3 Å². The zero-order valence-electron chi connectivity index (χ0n) is 10.5. The lowest BCUT2D eigenvalue weighted by molar-refractivity contribution is 0.217. The number of urea groups is 1. The standard InChI is InChI=1S/C11H24N4O/c1-14(2)11(16)13-6-5-12-7-10-15-8-3-4-9-15/h12H,3-10H2,1-2H3,(H,13,16). The van der Waals surface area contributed by atoms with Crippen molar-refractivity contribution in [3.63, 3.8) is 0 Å². The van der Waals surface area contributed by atoms with Crippen LogP contribution in [0.25, 0.3) is 0 Å². The predicted molar refractivity (Wildman–Crippen MR) is 65.6 cm³/mol. The Bertz CT molecular complexity index is 202. The molecule has 1 rings (SSSR count). The van der Waals surface area contributed by atoms with Crippen LogP contribution in [0, 0.1) is 0 Å². The lowest BCUT2D eigenvalue weighted by Crippen LogP contribution is -2.39. The summed E-state index contributed by atoms with van der Waals surface area (Å²) in [7, 11) is 3.49. The zero-order valence-corrected chi connectivity index (χ0v) is 10.5. The van der Waals surface area contributed by atoms with Gasteiger partial charge in [0.15, 0.2) is 0 Å². The van der Waals surface area contributed by atoms with Gasteiger partial charge in [-0.2, -0.15) is 0 Å². The summed E-state index contributed by atoms with van der Waals surface area (Å²) in [5.74, 6) is 0. The minimum atomic E-state index is -0.0265. The molecule has 1 aliphatic heterocycles. The van der Waals surface area contributed by atoms with Crippen LogP contribution in [-0.2, 0) is 0 Å². The van der Waals surface area contributed by atoms with E-state index in [1.807, 2.05) is 0 Å². The second-order valence-corrected chi connectivity index (χ2v) is 4.43. The summed E-state index contributed by atoms with van der Waals surface area (Å²) in [6.45, 7) is 6.17. The normalized spacial score (nSPS) is 16.4. The van der Waals surface area contributed by atoms with Crippen LogP contribution in [0.1, 0.15) is 12.8 Å². The Labute approximate surface area is 98.2 Å². The number of rotatable bonds is 6. The van der Waals surface area contributed by atoms with E-state index in [-0.39, 0.29) is 6.03 Å². The molecule has 0 aliphatic carbocycles. The van der Waals surface area contributed by atoms with Crippen molar-refractivity contribution in [1.29, 1.82) is 0 Å². The Kier molecular flexibility index (Phi) is 6.18. The van der Waals surface area contributed by atoms with E-state index in [9.17, 15) is 4.79 Å². The molecular formula is C11H24N4O. The molecule has 0 aromatic carbocycles. The third-order valence-corrected chi connectivity index (χ3v) is 2.79. The molecule has 0 bridgehead atoms. The minimum absolute atomic E-state index is 0.0265. The highest BCUT2D eigenvalue weighted by Gasteiger charge is 2.09. The molecule has 0 saturated carbocycles. The Balaban J connectivity index is 1.86. The topological polar surface area (TPSA) is 47.6 Å². The van der Waals surface area contributed by atoms with E-state index in [1.165, 1.54) is 25.9 Å². The Hall–Kier alpha value is -0.810. The van der Waals surface area contributed by atoms with Crippen molar-refractivity contribution in [2.75, 3.05) is 53.4 Å². The molecule has 0 aromatic heterocycles. The highest BCUT2D eigenvalue weighted by atomic mass is 16.2. The Morgan fingerprint density at radius 1 is 1.19 bits per heavy atom. The first-order valence-corrected chi connectivity index (χ1v) is 6.08. The van der Waals surface area contributed by atoms with Gasteiger partial charge in [-0.15, -0.1) is 0 Å². The van der Waals surface area contributed by atoms with Crippen molar-refractivity contribution < 1.29 is 4.79 Å². The second-order valence-electron chi connectivity index (χ2n) is 4.43. The SMILES string of the molecule is CN(C)C(=O)NCCNCCN1CCCC1. The van der Waals surface area contributed by atoms with Crippen molar-refractivity contribution in [2.45, 2.75) is 12.8 Å². The fourth-order valence-electron chi connectivity index (χ4n) is 1.78. The van der Waals surface area contributed by atoms with E-state index in [0.717, 1.165) is 19.6 Å². The third-order valence-electron chi connectivity index (χ3n) is 2.79. The van der Waals surface area contributed by atoms with E-state index in [4.69, 9.17) is 0 Å². The van der Waals surface area contributed by atoms with Gasteiger partial charge < -0.3 is 20.4 Å². The van der Waals surface area contributed by atoms with E-state index < -0.39 is 0 Å². The van der Waals surface area contributed by atoms with Crippen LogP contribution < -0.4 is 10.6 Å². The number of carbonyl (C=O) groups excluding carboxylic acids is 1. The summed E-state index contributed by atoms with van der Waals surface area (Å²) >= 11 is 0. The maximum Gasteiger partial charge on any atom is 0.316 e.